The molecule has 0 spiro atoms. The molecule has 3 aliphatic heterocycles. The molecule has 0 N–H and O–H groups in total. The first-order chi connectivity index (χ1) is 16.6. The van der Waals surface area contributed by atoms with Gasteiger partial charge in [0.05, 0.1) is 42.7 Å². The van der Waals surface area contributed by atoms with Crippen LogP contribution in [0.3, 0.4) is 0 Å². The standard InChI is InChI=1S/C25H27FN4O3S/c1-28-24(31)23(17-18-2-7-22(21(26)16-18)30-10-14-33-15-11-30)34-25(28)27-19-3-5-20(6-4-19)29-8-12-32-13-9-29/h2-7,16-17H,8-15H2,1H3/b23-17-,27-25?. The second kappa shape index (κ2) is 10.2. The van der Waals surface area contributed by atoms with Gasteiger partial charge in [-0.05, 0) is 59.8 Å². The molecule has 1 amide bonds. The third-order valence-electron chi connectivity index (χ3n) is 6.08. The predicted octanol–water partition coefficient (Wildman–Crippen LogP) is 3.73. The number of thioether (sulfide) groups is 1. The van der Waals surface area contributed by atoms with Crippen molar-refractivity contribution in [2.45, 2.75) is 0 Å². The lowest BCUT2D eigenvalue weighted by Gasteiger charge is -2.29. The lowest BCUT2D eigenvalue weighted by Crippen LogP contribution is -2.36. The Bertz CT molecular complexity index is 1110. The summed E-state index contributed by atoms with van der Waals surface area (Å²) < 4.78 is 25.5. The highest BCUT2D eigenvalue weighted by Crippen LogP contribution is 2.34. The van der Waals surface area contributed by atoms with Crippen LogP contribution in [0.25, 0.3) is 6.08 Å². The van der Waals surface area contributed by atoms with E-state index in [9.17, 15) is 9.18 Å². The quantitative estimate of drug-likeness (QED) is 0.619. The molecule has 3 heterocycles. The number of benzene rings is 2. The van der Waals surface area contributed by atoms with E-state index < -0.39 is 0 Å². The highest BCUT2D eigenvalue weighted by Gasteiger charge is 2.30. The predicted molar refractivity (Wildman–Crippen MR) is 134 cm³/mol. The van der Waals surface area contributed by atoms with Crippen LogP contribution < -0.4 is 9.80 Å². The van der Waals surface area contributed by atoms with Crippen molar-refractivity contribution in [2.75, 3.05) is 69.5 Å². The number of aliphatic imine (C=N–C) groups is 1. The summed E-state index contributed by atoms with van der Waals surface area (Å²) in [6, 6.07) is 13.1. The van der Waals surface area contributed by atoms with E-state index in [0.717, 1.165) is 37.7 Å². The van der Waals surface area contributed by atoms with Crippen LogP contribution in [0, 0.1) is 5.82 Å². The first-order valence-electron chi connectivity index (χ1n) is 11.4. The monoisotopic (exact) mass is 482 g/mol. The molecule has 2 aromatic rings. The first-order valence-corrected chi connectivity index (χ1v) is 12.2. The molecule has 0 bridgehead atoms. The Balaban J connectivity index is 1.30. The summed E-state index contributed by atoms with van der Waals surface area (Å²) in [7, 11) is 1.71. The van der Waals surface area contributed by atoms with Crippen LogP contribution in [0.2, 0.25) is 0 Å². The van der Waals surface area contributed by atoms with Crippen molar-refractivity contribution in [3.8, 4) is 0 Å². The minimum Gasteiger partial charge on any atom is -0.378 e. The van der Waals surface area contributed by atoms with Gasteiger partial charge in [0.1, 0.15) is 5.82 Å². The molecule has 3 fully saturated rings. The Morgan fingerprint density at radius 3 is 2.24 bits per heavy atom. The molecule has 178 valence electrons. The number of anilines is 2. The number of hydrogen-bond donors (Lipinski definition) is 0. The van der Waals surface area contributed by atoms with E-state index in [-0.39, 0.29) is 11.7 Å². The molecule has 0 unspecified atom stereocenters. The minimum absolute atomic E-state index is 0.147. The number of hydrogen-bond acceptors (Lipinski definition) is 7. The summed E-state index contributed by atoms with van der Waals surface area (Å²) in [5.74, 6) is -0.444. The van der Waals surface area contributed by atoms with E-state index in [1.54, 1.807) is 19.2 Å². The number of ether oxygens (including phenoxy) is 2. The number of nitrogens with zero attached hydrogens (tertiary/aromatic N) is 4. The van der Waals surface area contributed by atoms with Crippen molar-refractivity contribution in [2.24, 2.45) is 4.99 Å². The molecule has 0 aromatic heterocycles. The van der Waals surface area contributed by atoms with Gasteiger partial charge in [-0.1, -0.05) is 6.07 Å². The van der Waals surface area contributed by atoms with Gasteiger partial charge in [-0.3, -0.25) is 9.69 Å². The van der Waals surface area contributed by atoms with Crippen LogP contribution in [0.4, 0.5) is 21.5 Å². The van der Waals surface area contributed by atoms with E-state index >= 15 is 0 Å². The molecule has 0 saturated carbocycles. The summed E-state index contributed by atoms with van der Waals surface area (Å²) in [4.78, 5) is 23.8. The lowest BCUT2D eigenvalue weighted by atomic mass is 10.1. The SMILES string of the molecule is CN1C(=O)/C(=C/c2ccc(N3CCOCC3)c(F)c2)SC1=Nc1ccc(N2CCOCC2)cc1. The molecule has 9 heteroatoms. The van der Waals surface area contributed by atoms with E-state index in [4.69, 9.17) is 9.47 Å². The van der Waals surface area contributed by atoms with Gasteiger partial charge in [-0.2, -0.15) is 0 Å². The minimum atomic E-state index is -0.297. The number of rotatable bonds is 4. The number of carbonyl (C=O) groups is 1. The maximum absolute atomic E-state index is 14.8. The Morgan fingerprint density at radius 2 is 1.59 bits per heavy atom. The Kier molecular flexibility index (Phi) is 6.85. The molecule has 7 nitrogen and oxygen atoms in total. The number of likely N-dealkylation sites (N-methyl/N-ethyl adjacent to an activating group) is 1. The van der Waals surface area contributed by atoms with Gasteiger partial charge in [-0.25, -0.2) is 9.38 Å². The van der Waals surface area contributed by atoms with Crippen molar-refractivity contribution in [1.82, 2.24) is 4.90 Å². The highest BCUT2D eigenvalue weighted by molar-refractivity contribution is 8.18. The Hall–Kier alpha value is -2.88. The average molecular weight is 483 g/mol. The largest absolute Gasteiger partial charge is 0.378 e. The van der Waals surface area contributed by atoms with Crippen LogP contribution in [0.15, 0.2) is 52.4 Å². The fraction of sp³-hybridized carbons (Fsp3) is 0.360. The first kappa shape index (κ1) is 22.9. The fourth-order valence-electron chi connectivity index (χ4n) is 4.15. The number of morpholine rings is 2. The maximum atomic E-state index is 14.8. The molecule has 5 rings (SSSR count). The molecule has 2 aromatic carbocycles. The van der Waals surface area contributed by atoms with Crippen molar-refractivity contribution >= 4 is 46.0 Å². The van der Waals surface area contributed by atoms with Crippen LogP contribution in [0.5, 0.6) is 0 Å². The Labute approximate surface area is 202 Å². The van der Waals surface area contributed by atoms with Crippen LogP contribution in [-0.4, -0.2) is 75.6 Å². The zero-order valence-electron chi connectivity index (χ0n) is 19.1. The number of carbonyl (C=O) groups excluding carboxylic acids is 1. The zero-order chi connectivity index (χ0) is 23.5. The van der Waals surface area contributed by atoms with E-state index in [2.05, 4.69) is 9.89 Å². The topological polar surface area (TPSA) is 57.6 Å². The summed E-state index contributed by atoms with van der Waals surface area (Å²) in [6.45, 7) is 5.77. The summed E-state index contributed by atoms with van der Waals surface area (Å²) in [6.07, 6.45) is 1.72. The van der Waals surface area contributed by atoms with Crippen molar-refractivity contribution in [3.63, 3.8) is 0 Å². The van der Waals surface area contributed by atoms with Gasteiger partial charge in [0.15, 0.2) is 5.17 Å². The van der Waals surface area contributed by atoms with Crippen molar-refractivity contribution in [1.29, 1.82) is 0 Å². The summed E-state index contributed by atoms with van der Waals surface area (Å²) in [5, 5.41) is 0.598. The smallest absolute Gasteiger partial charge is 0.266 e. The average Bonchev–Trinajstić information content (AvgIpc) is 3.13. The molecule has 0 atom stereocenters. The molecular weight excluding hydrogens is 455 g/mol. The highest BCUT2D eigenvalue weighted by atomic mass is 32.2. The fourth-order valence-corrected chi connectivity index (χ4v) is 5.13. The second-order valence-corrected chi connectivity index (χ2v) is 9.30. The van der Waals surface area contributed by atoms with Crippen LogP contribution in [0.1, 0.15) is 5.56 Å². The van der Waals surface area contributed by atoms with E-state index in [0.29, 0.717) is 47.6 Å². The summed E-state index contributed by atoms with van der Waals surface area (Å²) >= 11 is 1.30. The molecular formula is C25H27FN4O3S. The van der Waals surface area contributed by atoms with Crippen molar-refractivity contribution < 1.29 is 18.7 Å². The zero-order valence-corrected chi connectivity index (χ0v) is 19.9. The van der Waals surface area contributed by atoms with E-state index in [1.807, 2.05) is 35.2 Å². The van der Waals surface area contributed by atoms with Crippen LogP contribution in [-0.2, 0) is 14.3 Å². The third-order valence-corrected chi connectivity index (χ3v) is 7.14. The number of amides is 1. The molecule has 0 aliphatic carbocycles. The molecule has 3 saturated heterocycles. The van der Waals surface area contributed by atoms with Gasteiger partial charge in [0, 0.05) is 38.9 Å². The van der Waals surface area contributed by atoms with E-state index in [1.165, 1.54) is 22.7 Å². The molecule has 0 radical (unpaired) electrons. The maximum Gasteiger partial charge on any atom is 0.266 e. The second-order valence-electron chi connectivity index (χ2n) is 8.30. The van der Waals surface area contributed by atoms with Crippen LogP contribution >= 0.6 is 11.8 Å². The van der Waals surface area contributed by atoms with Crippen molar-refractivity contribution in [3.05, 3.63) is 58.8 Å². The Morgan fingerprint density at radius 1 is 0.941 bits per heavy atom. The van der Waals surface area contributed by atoms with Gasteiger partial charge in [0.2, 0.25) is 0 Å². The normalized spacial score (nSPS) is 21.7. The molecule has 3 aliphatic rings. The van der Waals surface area contributed by atoms with Gasteiger partial charge in [0.25, 0.3) is 5.91 Å². The summed E-state index contributed by atoms with van der Waals surface area (Å²) in [5.41, 5.74) is 3.13. The van der Waals surface area contributed by atoms with Gasteiger partial charge in [-0.15, -0.1) is 0 Å². The number of amidine groups is 1. The van der Waals surface area contributed by atoms with Gasteiger partial charge < -0.3 is 19.3 Å². The number of halogens is 1. The van der Waals surface area contributed by atoms with Gasteiger partial charge >= 0.3 is 0 Å². The third kappa shape index (κ3) is 4.96. The molecule has 34 heavy (non-hydrogen) atoms. The lowest BCUT2D eigenvalue weighted by molar-refractivity contribution is -0.121.